The minimum atomic E-state index is -0.554. The van der Waals surface area contributed by atoms with Crippen LogP contribution in [0.3, 0.4) is 0 Å². The van der Waals surface area contributed by atoms with Crippen molar-refractivity contribution in [3.05, 3.63) is 59.7 Å². The Morgan fingerprint density at radius 3 is 2.08 bits per heavy atom. The normalized spacial score (nSPS) is 19.0. The van der Waals surface area contributed by atoms with Crippen molar-refractivity contribution in [3.63, 3.8) is 0 Å². The second-order valence-electron chi connectivity index (χ2n) is 11.4. The van der Waals surface area contributed by atoms with E-state index in [0.29, 0.717) is 11.5 Å². The van der Waals surface area contributed by atoms with Crippen molar-refractivity contribution in [2.24, 2.45) is 17.3 Å². The van der Waals surface area contributed by atoms with E-state index >= 15 is 0 Å². The lowest BCUT2D eigenvalue weighted by Crippen LogP contribution is -2.40. The molecule has 212 valence electrons. The average molecular weight is 529 g/mol. The molecule has 2 N–H and O–H groups in total. The molecule has 0 radical (unpaired) electrons. The lowest BCUT2D eigenvalue weighted by atomic mass is 9.67. The number of ether oxygens (including phenoxy) is 2. The standard InChI is InChI=1S/C32H48O6/c1-6-7-8-9-25-10-12-27(13-11-25)28-14-16-29(17-15-28)32(5,21-37-30(35)23(2)3)22-38-31(36)24(4)18-26(19-33)20-34/h10-13,26,28-29,33-34H,2,4,6-9,14-22H2,1,3,5H3. The number of unbranched alkanes of at least 4 members (excludes halogenated alkanes) is 2. The summed E-state index contributed by atoms with van der Waals surface area (Å²) in [6.45, 7) is 13.1. The van der Waals surface area contributed by atoms with Gasteiger partial charge in [-0.05, 0) is 74.8 Å². The highest BCUT2D eigenvalue weighted by Gasteiger charge is 2.40. The van der Waals surface area contributed by atoms with Crippen LogP contribution in [0.2, 0.25) is 0 Å². The van der Waals surface area contributed by atoms with Gasteiger partial charge in [0.2, 0.25) is 0 Å². The highest BCUT2D eigenvalue weighted by Crippen LogP contribution is 2.44. The number of benzene rings is 1. The van der Waals surface area contributed by atoms with E-state index in [1.54, 1.807) is 6.92 Å². The zero-order valence-corrected chi connectivity index (χ0v) is 23.7. The summed E-state index contributed by atoms with van der Waals surface area (Å²) < 4.78 is 11.2. The Hall–Kier alpha value is -2.44. The molecule has 6 heteroatoms. The van der Waals surface area contributed by atoms with Gasteiger partial charge in [0.15, 0.2) is 0 Å². The molecular formula is C32H48O6. The number of esters is 2. The molecule has 1 aliphatic carbocycles. The molecule has 38 heavy (non-hydrogen) atoms. The first-order chi connectivity index (χ1) is 18.1. The molecule has 1 saturated carbocycles. The smallest absolute Gasteiger partial charge is 0.333 e. The molecule has 0 bridgehead atoms. The Kier molecular flexibility index (Phi) is 13.3. The molecule has 1 aliphatic rings. The number of aliphatic hydroxyl groups is 2. The van der Waals surface area contributed by atoms with E-state index in [1.807, 2.05) is 6.92 Å². The lowest BCUT2D eigenvalue weighted by molar-refractivity contribution is -0.152. The van der Waals surface area contributed by atoms with Gasteiger partial charge in [0.1, 0.15) is 13.2 Å². The average Bonchev–Trinajstić information content (AvgIpc) is 2.93. The van der Waals surface area contributed by atoms with Crippen LogP contribution in [0.4, 0.5) is 0 Å². The van der Waals surface area contributed by atoms with Crippen LogP contribution >= 0.6 is 0 Å². The molecule has 1 fully saturated rings. The zero-order chi connectivity index (χ0) is 28.1. The summed E-state index contributed by atoms with van der Waals surface area (Å²) in [5.41, 5.74) is 2.76. The van der Waals surface area contributed by atoms with Gasteiger partial charge < -0.3 is 19.7 Å². The second kappa shape index (κ2) is 15.8. The number of carbonyl (C=O) groups is 2. The van der Waals surface area contributed by atoms with Crippen molar-refractivity contribution >= 4 is 11.9 Å². The summed E-state index contributed by atoms with van der Waals surface area (Å²) in [4.78, 5) is 24.8. The van der Waals surface area contributed by atoms with Crippen molar-refractivity contribution in [1.29, 1.82) is 0 Å². The van der Waals surface area contributed by atoms with Crippen molar-refractivity contribution in [2.45, 2.75) is 84.5 Å². The minimum Gasteiger partial charge on any atom is -0.462 e. The summed E-state index contributed by atoms with van der Waals surface area (Å²) in [6, 6.07) is 9.09. The Morgan fingerprint density at radius 1 is 0.974 bits per heavy atom. The highest BCUT2D eigenvalue weighted by atomic mass is 16.5. The number of rotatable bonds is 16. The predicted molar refractivity (Wildman–Crippen MR) is 151 cm³/mol. The summed E-state index contributed by atoms with van der Waals surface area (Å²) in [6.07, 6.45) is 8.97. The van der Waals surface area contributed by atoms with Crippen LogP contribution in [0.1, 0.15) is 89.2 Å². The first-order valence-corrected chi connectivity index (χ1v) is 14.1. The SMILES string of the molecule is C=C(C)C(=O)OCC(C)(COC(=O)C(=C)CC(CO)CO)C1CCC(c2ccc(CCCCC)cc2)CC1. The lowest BCUT2D eigenvalue weighted by Gasteiger charge is -2.41. The predicted octanol–water partition coefficient (Wildman–Crippen LogP) is 5.91. The summed E-state index contributed by atoms with van der Waals surface area (Å²) in [5, 5.41) is 18.6. The summed E-state index contributed by atoms with van der Waals surface area (Å²) >= 11 is 0. The minimum absolute atomic E-state index is 0.0963. The van der Waals surface area contributed by atoms with E-state index in [4.69, 9.17) is 9.47 Å². The molecule has 1 atom stereocenters. The van der Waals surface area contributed by atoms with Crippen LogP contribution in [0.5, 0.6) is 0 Å². The summed E-state index contributed by atoms with van der Waals surface area (Å²) in [7, 11) is 0. The Labute approximate surface area is 229 Å². The van der Waals surface area contributed by atoms with Gasteiger partial charge in [-0.15, -0.1) is 0 Å². The van der Waals surface area contributed by atoms with E-state index in [2.05, 4.69) is 44.3 Å². The monoisotopic (exact) mass is 528 g/mol. The third kappa shape index (κ3) is 9.70. The molecule has 1 aromatic carbocycles. The Bertz CT molecular complexity index is 908. The number of aliphatic hydroxyl groups excluding tert-OH is 2. The summed E-state index contributed by atoms with van der Waals surface area (Å²) in [5.74, 6) is -0.739. The largest absolute Gasteiger partial charge is 0.462 e. The third-order valence-corrected chi connectivity index (χ3v) is 7.99. The zero-order valence-electron chi connectivity index (χ0n) is 23.7. The van der Waals surface area contributed by atoms with E-state index < -0.39 is 23.3 Å². The van der Waals surface area contributed by atoms with Crippen molar-refractivity contribution in [1.82, 2.24) is 0 Å². The molecule has 0 saturated heterocycles. The Morgan fingerprint density at radius 2 is 1.55 bits per heavy atom. The molecule has 0 heterocycles. The first kappa shape index (κ1) is 31.8. The third-order valence-electron chi connectivity index (χ3n) is 7.99. The van der Waals surface area contributed by atoms with Crippen LogP contribution in [-0.2, 0) is 25.5 Å². The number of aryl methyl sites for hydroxylation is 1. The molecule has 0 amide bonds. The van der Waals surface area contributed by atoms with Gasteiger partial charge in [0.25, 0.3) is 0 Å². The maximum absolute atomic E-state index is 12.6. The molecule has 0 aromatic heterocycles. The molecule has 6 nitrogen and oxygen atoms in total. The van der Waals surface area contributed by atoms with E-state index in [9.17, 15) is 19.8 Å². The van der Waals surface area contributed by atoms with Gasteiger partial charge in [0.05, 0.1) is 0 Å². The molecule has 1 aromatic rings. The van der Waals surface area contributed by atoms with Crippen molar-refractivity contribution in [3.8, 4) is 0 Å². The second-order valence-corrected chi connectivity index (χ2v) is 11.4. The maximum Gasteiger partial charge on any atom is 0.333 e. The van der Waals surface area contributed by atoms with Crippen LogP contribution < -0.4 is 0 Å². The Balaban J connectivity index is 2.02. The van der Waals surface area contributed by atoms with Gasteiger partial charge in [-0.2, -0.15) is 0 Å². The molecule has 2 rings (SSSR count). The van der Waals surface area contributed by atoms with Crippen LogP contribution in [-0.4, -0.2) is 48.6 Å². The molecular weight excluding hydrogens is 480 g/mol. The highest BCUT2D eigenvalue weighted by molar-refractivity contribution is 5.88. The van der Waals surface area contributed by atoms with Crippen LogP contribution in [0.15, 0.2) is 48.6 Å². The fourth-order valence-corrected chi connectivity index (χ4v) is 5.24. The number of hydrogen-bond acceptors (Lipinski definition) is 6. The molecule has 0 aliphatic heterocycles. The fourth-order valence-electron chi connectivity index (χ4n) is 5.24. The fraction of sp³-hybridized carbons (Fsp3) is 0.625. The maximum atomic E-state index is 12.6. The van der Waals surface area contributed by atoms with Crippen molar-refractivity contribution in [2.75, 3.05) is 26.4 Å². The van der Waals surface area contributed by atoms with Gasteiger partial charge >= 0.3 is 11.9 Å². The van der Waals surface area contributed by atoms with E-state index in [1.165, 1.54) is 30.4 Å². The van der Waals surface area contributed by atoms with Gasteiger partial charge in [-0.1, -0.05) is 64.1 Å². The number of carbonyl (C=O) groups excluding carboxylic acids is 2. The first-order valence-electron chi connectivity index (χ1n) is 14.1. The molecule has 1 unspecified atom stereocenters. The number of hydrogen-bond donors (Lipinski definition) is 2. The quantitative estimate of drug-likeness (QED) is 0.157. The van der Waals surface area contributed by atoms with E-state index in [0.717, 1.165) is 32.1 Å². The van der Waals surface area contributed by atoms with Gasteiger partial charge in [-0.25, -0.2) is 9.59 Å². The van der Waals surface area contributed by atoms with Gasteiger partial charge in [-0.3, -0.25) is 0 Å². The van der Waals surface area contributed by atoms with Gasteiger partial charge in [0, 0.05) is 35.7 Å². The topological polar surface area (TPSA) is 93.1 Å². The molecule has 0 spiro atoms. The van der Waals surface area contributed by atoms with E-state index in [-0.39, 0.29) is 44.3 Å². The van der Waals surface area contributed by atoms with Crippen LogP contribution in [0.25, 0.3) is 0 Å². The van der Waals surface area contributed by atoms with Crippen molar-refractivity contribution < 1.29 is 29.3 Å². The van der Waals surface area contributed by atoms with Crippen LogP contribution in [0, 0.1) is 17.3 Å².